The molecule has 0 atom stereocenters. The van der Waals surface area contributed by atoms with Crippen molar-refractivity contribution >= 4 is 11.6 Å². The number of rotatable bonds is 4. The first-order chi connectivity index (χ1) is 10.9. The van der Waals surface area contributed by atoms with Gasteiger partial charge in [0.15, 0.2) is 0 Å². The van der Waals surface area contributed by atoms with Crippen molar-refractivity contribution in [3.8, 4) is 5.75 Å². The average molecular weight is 329 g/mol. The summed E-state index contributed by atoms with van der Waals surface area (Å²) in [5.41, 5.74) is -0.443. The zero-order chi connectivity index (χ0) is 17.0. The van der Waals surface area contributed by atoms with E-state index in [-0.39, 0.29) is 30.1 Å². The van der Waals surface area contributed by atoms with Crippen LogP contribution < -0.4 is 0 Å². The number of hydrogen-bond acceptors (Lipinski definition) is 5. The number of amides is 1. The maximum Gasteiger partial charge on any atom is 0.270 e. The van der Waals surface area contributed by atoms with Crippen LogP contribution in [0.3, 0.4) is 0 Å². The van der Waals surface area contributed by atoms with Crippen LogP contribution in [0.2, 0.25) is 0 Å². The molecule has 1 aliphatic heterocycles. The third-order valence-electron chi connectivity index (χ3n) is 3.69. The van der Waals surface area contributed by atoms with Gasteiger partial charge in [-0.25, -0.2) is 8.78 Å². The molecule has 1 aliphatic rings. The van der Waals surface area contributed by atoms with Crippen molar-refractivity contribution in [1.82, 2.24) is 9.80 Å². The van der Waals surface area contributed by atoms with Crippen molar-refractivity contribution in [1.29, 1.82) is 0 Å². The molecule has 2 rings (SSSR count). The minimum absolute atomic E-state index is 0.151. The maximum absolute atomic E-state index is 12.5. The van der Waals surface area contributed by atoms with E-state index in [0.717, 1.165) is 18.2 Å². The highest BCUT2D eigenvalue weighted by Gasteiger charge is 2.25. The van der Waals surface area contributed by atoms with E-state index >= 15 is 0 Å². The van der Waals surface area contributed by atoms with Gasteiger partial charge in [0.05, 0.1) is 17.0 Å². The number of halogens is 2. The minimum Gasteiger partial charge on any atom is -0.507 e. The van der Waals surface area contributed by atoms with Gasteiger partial charge in [-0.2, -0.15) is 0 Å². The number of nitrogens with zero attached hydrogens (tertiary/aromatic N) is 3. The highest BCUT2D eigenvalue weighted by Crippen LogP contribution is 2.24. The lowest BCUT2D eigenvalue weighted by molar-refractivity contribution is -0.384. The summed E-state index contributed by atoms with van der Waals surface area (Å²) in [6.45, 7) is 0.985. The number of hydrogen-bond donors (Lipinski definition) is 1. The zero-order valence-corrected chi connectivity index (χ0v) is 12.3. The second-order valence-electron chi connectivity index (χ2n) is 5.30. The van der Waals surface area contributed by atoms with Gasteiger partial charge >= 0.3 is 0 Å². The third kappa shape index (κ3) is 4.35. The van der Waals surface area contributed by atoms with Gasteiger partial charge in [0, 0.05) is 38.3 Å². The lowest BCUT2D eigenvalue weighted by Gasteiger charge is -2.22. The fourth-order valence-electron chi connectivity index (χ4n) is 2.53. The molecular formula is C14H17F2N3O4. The topological polar surface area (TPSA) is 86.9 Å². The molecule has 0 bridgehead atoms. The Morgan fingerprint density at radius 3 is 2.70 bits per heavy atom. The standard InChI is InChI=1S/C14H17F2N3O4/c15-13(16)9-17-4-1-5-18(7-6-17)14(21)11-8-10(19(22)23)2-3-12(11)20/h2-3,8,13,20H,1,4-7,9H2. The van der Waals surface area contributed by atoms with Gasteiger partial charge in [-0.05, 0) is 12.5 Å². The monoisotopic (exact) mass is 329 g/mol. The molecule has 0 saturated carbocycles. The van der Waals surface area contributed by atoms with E-state index < -0.39 is 17.3 Å². The van der Waals surface area contributed by atoms with Gasteiger partial charge in [-0.3, -0.25) is 19.8 Å². The fraction of sp³-hybridized carbons (Fsp3) is 0.500. The van der Waals surface area contributed by atoms with E-state index in [0.29, 0.717) is 26.1 Å². The number of phenolic OH excluding ortho intramolecular Hbond substituents is 1. The Labute approximate surface area is 131 Å². The summed E-state index contributed by atoms with van der Waals surface area (Å²) >= 11 is 0. The predicted octanol–water partition coefficient (Wildman–Crippen LogP) is 1.71. The molecule has 126 valence electrons. The van der Waals surface area contributed by atoms with Crippen LogP contribution >= 0.6 is 0 Å². The molecule has 1 N–H and O–H groups in total. The first kappa shape index (κ1) is 17.1. The summed E-state index contributed by atoms with van der Waals surface area (Å²) in [6, 6.07) is 3.24. The maximum atomic E-state index is 12.5. The molecule has 0 aromatic heterocycles. The SMILES string of the molecule is O=C(c1cc([N+](=O)[O-])ccc1O)N1CCCN(CC(F)F)CC1. The van der Waals surface area contributed by atoms with E-state index in [4.69, 9.17) is 0 Å². The molecule has 0 unspecified atom stereocenters. The lowest BCUT2D eigenvalue weighted by atomic mass is 10.1. The molecule has 0 aliphatic carbocycles. The highest BCUT2D eigenvalue weighted by atomic mass is 19.3. The lowest BCUT2D eigenvalue weighted by Crippen LogP contribution is -2.36. The Morgan fingerprint density at radius 2 is 2.04 bits per heavy atom. The van der Waals surface area contributed by atoms with Gasteiger partial charge in [-0.15, -0.1) is 0 Å². The number of non-ortho nitro benzene ring substituents is 1. The van der Waals surface area contributed by atoms with E-state index in [9.17, 15) is 28.8 Å². The summed E-state index contributed by atoms with van der Waals surface area (Å²) in [5.74, 6) is -0.876. The van der Waals surface area contributed by atoms with Gasteiger partial charge in [0.2, 0.25) is 0 Å². The Kier molecular flexibility index (Phi) is 5.43. The van der Waals surface area contributed by atoms with Crippen molar-refractivity contribution in [3.05, 3.63) is 33.9 Å². The molecule has 1 saturated heterocycles. The molecule has 1 amide bonds. The summed E-state index contributed by atoms with van der Waals surface area (Å²) in [5, 5.41) is 20.6. The van der Waals surface area contributed by atoms with Gasteiger partial charge in [-0.1, -0.05) is 0 Å². The van der Waals surface area contributed by atoms with Crippen LogP contribution in [0.5, 0.6) is 5.75 Å². The number of carbonyl (C=O) groups is 1. The second-order valence-corrected chi connectivity index (χ2v) is 5.30. The normalized spacial score (nSPS) is 16.4. The second kappa shape index (κ2) is 7.32. The van der Waals surface area contributed by atoms with E-state index in [2.05, 4.69) is 0 Å². The molecule has 1 aromatic carbocycles. The van der Waals surface area contributed by atoms with E-state index in [1.54, 1.807) is 4.90 Å². The Bertz CT molecular complexity index is 597. The molecule has 7 nitrogen and oxygen atoms in total. The number of aromatic hydroxyl groups is 1. The van der Waals surface area contributed by atoms with Crippen molar-refractivity contribution in [3.63, 3.8) is 0 Å². The summed E-state index contributed by atoms with van der Waals surface area (Å²) in [7, 11) is 0. The summed E-state index contributed by atoms with van der Waals surface area (Å²) in [6.07, 6.45) is -1.91. The number of phenols is 1. The number of nitro benzene ring substituents is 1. The van der Waals surface area contributed by atoms with Crippen LogP contribution in [0.1, 0.15) is 16.8 Å². The Hall–Kier alpha value is -2.29. The molecule has 23 heavy (non-hydrogen) atoms. The number of benzene rings is 1. The molecular weight excluding hydrogens is 312 g/mol. The van der Waals surface area contributed by atoms with E-state index in [1.807, 2.05) is 0 Å². The number of alkyl halides is 2. The molecule has 0 radical (unpaired) electrons. The van der Waals surface area contributed by atoms with Crippen LogP contribution in [-0.4, -0.2) is 64.9 Å². The van der Waals surface area contributed by atoms with Gasteiger partial charge in [0.1, 0.15) is 5.75 Å². The smallest absolute Gasteiger partial charge is 0.270 e. The van der Waals surface area contributed by atoms with Crippen molar-refractivity contribution < 1.29 is 23.6 Å². The van der Waals surface area contributed by atoms with Crippen LogP contribution in [0.25, 0.3) is 0 Å². The minimum atomic E-state index is -2.43. The van der Waals surface area contributed by atoms with Gasteiger partial charge < -0.3 is 10.0 Å². The Morgan fingerprint density at radius 1 is 1.30 bits per heavy atom. The third-order valence-corrected chi connectivity index (χ3v) is 3.69. The molecule has 1 fully saturated rings. The summed E-state index contributed by atoms with van der Waals surface area (Å²) < 4.78 is 24.9. The molecule has 1 aromatic rings. The number of carbonyl (C=O) groups excluding carboxylic acids is 1. The zero-order valence-electron chi connectivity index (χ0n) is 12.3. The first-order valence-corrected chi connectivity index (χ1v) is 7.15. The van der Waals surface area contributed by atoms with Crippen LogP contribution in [0.15, 0.2) is 18.2 Å². The fourth-order valence-corrected chi connectivity index (χ4v) is 2.53. The number of nitro groups is 1. The quantitative estimate of drug-likeness (QED) is 0.671. The predicted molar refractivity (Wildman–Crippen MR) is 77.7 cm³/mol. The van der Waals surface area contributed by atoms with Crippen LogP contribution in [-0.2, 0) is 0 Å². The summed E-state index contributed by atoms with van der Waals surface area (Å²) in [4.78, 5) is 25.6. The first-order valence-electron chi connectivity index (χ1n) is 7.15. The Balaban J connectivity index is 2.11. The molecule has 0 spiro atoms. The van der Waals surface area contributed by atoms with Crippen molar-refractivity contribution in [2.24, 2.45) is 0 Å². The molecule has 1 heterocycles. The molecule has 9 heteroatoms. The van der Waals surface area contributed by atoms with Gasteiger partial charge in [0.25, 0.3) is 18.0 Å². The largest absolute Gasteiger partial charge is 0.507 e. The average Bonchev–Trinajstić information content (AvgIpc) is 2.71. The highest BCUT2D eigenvalue weighted by molar-refractivity contribution is 5.97. The van der Waals surface area contributed by atoms with E-state index in [1.165, 1.54) is 4.90 Å². The van der Waals surface area contributed by atoms with Crippen LogP contribution in [0.4, 0.5) is 14.5 Å². The van der Waals surface area contributed by atoms with Crippen molar-refractivity contribution in [2.45, 2.75) is 12.8 Å². The van der Waals surface area contributed by atoms with Crippen molar-refractivity contribution in [2.75, 3.05) is 32.7 Å². The van der Waals surface area contributed by atoms with Crippen LogP contribution in [0, 0.1) is 10.1 Å².